The summed E-state index contributed by atoms with van der Waals surface area (Å²) in [4.78, 5) is 21.8. The molecule has 1 atom stereocenters. The molecule has 0 aliphatic rings. The molecule has 0 bridgehead atoms. The Balaban J connectivity index is 2.68. The van der Waals surface area contributed by atoms with Crippen LogP contribution in [0.4, 0.5) is 0 Å². The van der Waals surface area contributed by atoms with Crippen LogP contribution in [0, 0.1) is 0 Å². The Kier molecular flexibility index (Phi) is 5.36. The Labute approximate surface area is 112 Å². The van der Waals surface area contributed by atoms with Crippen LogP contribution in [0.3, 0.4) is 0 Å². The van der Waals surface area contributed by atoms with Crippen molar-refractivity contribution >= 4 is 11.9 Å². The molecule has 0 aromatic heterocycles. The highest BCUT2D eigenvalue weighted by Gasteiger charge is 2.13. The zero-order valence-corrected chi connectivity index (χ0v) is 11.3. The Morgan fingerprint density at radius 1 is 1.32 bits per heavy atom. The first-order valence-electron chi connectivity index (χ1n) is 6.16. The summed E-state index contributed by atoms with van der Waals surface area (Å²) in [7, 11) is 0. The molecule has 5 nitrogen and oxygen atoms in total. The minimum absolute atomic E-state index is 0.0761. The van der Waals surface area contributed by atoms with E-state index in [1.54, 1.807) is 6.92 Å². The number of nitrogens with one attached hydrogen (secondary N) is 1. The van der Waals surface area contributed by atoms with Crippen molar-refractivity contribution in [2.24, 2.45) is 0 Å². The average Bonchev–Trinajstić information content (AvgIpc) is 2.27. The summed E-state index contributed by atoms with van der Waals surface area (Å²) in [6.45, 7) is 5.67. The van der Waals surface area contributed by atoms with Crippen LogP contribution in [0.5, 0.6) is 5.75 Å². The Morgan fingerprint density at radius 3 is 2.58 bits per heavy atom. The number of carboxylic acids is 1. The molecule has 0 spiro atoms. The van der Waals surface area contributed by atoms with Crippen molar-refractivity contribution in [3.05, 3.63) is 29.8 Å². The predicted octanol–water partition coefficient (Wildman–Crippen LogP) is 2.13. The molecular formula is C14H19NO4. The molecule has 104 valence electrons. The number of hydrogen-bond donors (Lipinski definition) is 2. The monoisotopic (exact) mass is 265 g/mol. The molecule has 0 radical (unpaired) electrons. The van der Waals surface area contributed by atoms with Gasteiger partial charge in [0.2, 0.25) is 5.91 Å². The second kappa shape index (κ2) is 6.78. The summed E-state index contributed by atoms with van der Waals surface area (Å²) in [6, 6.07) is 7.12. The second-order valence-corrected chi connectivity index (χ2v) is 4.60. The van der Waals surface area contributed by atoms with Crippen LogP contribution in [-0.2, 0) is 9.59 Å². The lowest BCUT2D eigenvalue weighted by Crippen LogP contribution is -2.28. The lowest BCUT2D eigenvalue weighted by Gasteiger charge is -2.16. The van der Waals surface area contributed by atoms with E-state index in [9.17, 15) is 9.59 Å². The van der Waals surface area contributed by atoms with E-state index in [4.69, 9.17) is 9.84 Å². The van der Waals surface area contributed by atoms with Crippen LogP contribution < -0.4 is 10.1 Å². The fourth-order valence-electron chi connectivity index (χ4n) is 1.64. The van der Waals surface area contributed by atoms with Gasteiger partial charge < -0.3 is 15.2 Å². The highest BCUT2D eigenvalue weighted by Crippen LogP contribution is 2.20. The molecular weight excluding hydrogens is 246 g/mol. The van der Waals surface area contributed by atoms with Crippen LogP contribution in [0.2, 0.25) is 0 Å². The standard InChI is InChI=1S/C14H19NO4/c1-9(2)19-12-6-4-5-11(7-12)10(3)15-13(16)8-14(17)18/h4-7,9-10H,8H2,1-3H3,(H,15,16)(H,17,18). The Morgan fingerprint density at radius 2 is 2.00 bits per heavy atom. The van der Waals surface area contributed by atoms with E-state index in [-0.39, 0.29) is 12.1 Å². The molecule has 0 fully saturated rings. The summed E-state index contributed by atoms with van der Waals surface area (Å²) in [5.41, 5.74) is 0.872. The molecule has 2 N–H and O–H groups in total. The summed E-state index contributed by atoms with van der Waals surface area (Å²) in [5, 5.41) is 11.2. The molecule has 0 saturated heterocycles. The van der Waals surface area contributed by atoms with Gasteiger partial charge in [0.1, 0.15) is 12.2 Å². The molecule has 5 heteroatoms. The normalized spacial score (nSPS) is 12.0. The maximum Gasteiger partial charge on any atom is 0.312 e. The minimum atomic E-state index is -1.14. The summed E-state index contributed by atoms with van der Waals surface area (Å²) in [5.74, 6) is -0.913. The van der Waals surface area contributed by atoms with Crippen molar-refractivity contribution in [3.63, 3.8) is 0 Å². The van der Waals surface area contributed by atoms with Crippen LogP contribution in [0.25, 0.3) is 0 Å². The average molecular weight is 265 g/mol. The molecule has 1 aromatic carbocycles. The van der Waals surface area contributed by atoms with Gasteiger partial charge in [-0.25, -0.2) is 0 Å². The predicted molar refractivity (Wildman–Crippen MR) is 71.0 cm³/mol. The first-order chi connectivity index (χ1) is 8.88. The van der Waals surface area contributed by atoms with Crippen molar-refractivity contribution in [2.75, 3.05) is 0 Å². The lowest BCUT2D eigenvalue weighted by atomic mass is 10.1. The Hall–Kier alpha value is -2.04. The summed E-state index contributed by atoms with van der Waals surface area (Å²) < 4.78 is 5.57. The molecule has 19 heavy (non-hydrogen) atoms. The molecule has 0 heterocycles. The number of hydrogen-bond acceptors (Lipinski definition) is 3. The van der Waals surface area contributed by atoms with Gasteiger partial charge in [0.15, 0.2) is 0 Å². The zero-order chi connectivity index (χ0) is 14.4. The smallest absolute Gasteiger partial charge is 0.312 e. The van der Waals surface area contributed by atoms with E-state index >= 15 is 0 Å². The van der Waals surface area contributed by atoms with Crippen LogP contribution in [-0.4, -0.2) is 23.1 Å². The van der Waals surface area contributed by atoms with E-state index < -0.39 is 18.3 Å². The number of amides is 1. The fraction of sp³-hybridized carbons (Fsp3) is 0.429. The molecule has 0 saturated carbocycles. The highest BCUT2D eigenvalue weighted by molar-refractivity contribution is 5.93. The number of aliphatic carboxylic acids is 1. The molecule has 1 amide bonds. The van der Waals surface area contributed by atoms with E-state index in [0.717, 1.165) is 11.3 Å². The first-order valence-corrected chi connectivity index (χ1v) is 6.16. The first kappa shape index (κ1) is 15.0. The number of carbonyl (C=O) groups is 2. The van der Waals surface area contributed by atoms with Crippen LogP contribution >= 0.6 is 0 Å². The van der Waals surface area contributed by atoms with E-state index in [0.29, 0.717) is 0 Å². The second-order valence-electron chi connectivity index (χ2n) is 4.60. The van der Waals surface area contributed by atoms with Crippen molar-refractivity contribution in [3.8, 4) is 5.75 Å². The summed E-state index contributed by atoms with van der Waals surface area (Å²) in [6.07, 6.45) is -0.445. The maximum absolute atomic E-state index is 11.4. The van der Waals surface area contributed by atoms with Crippen molar-refractivity contribution in [1.82, 2.24) is 5.32 Å². The Bertz CT molecular complexity index is 457. The van der Waals surface area contributed by atoms with E-state index in [1.807, 2.05) is 38.1 Å². The van der Waals surface area contributed by atoms with Crippen molar-refractivity contribution < 1.29 is 19.4 Å². The number of rotatable bonds is 6. The van der Waals surface area contributed by atoms with Gasteiger partial charge >= 0.3 is 5.97 Å². The lowest BCUT2D eigenvalue weighted by molar-refractivity contribution is -0.140. The zero-order valence-electron chi connectivity index (χ0n) is 11.3. The van der Waals surface area contributed by atoms with Gasteiger partial charge in [-0.2, -0.15) is 0 Å². The van der Waals surface area contributed by atoms with Crippen LogP contribution in [0.1, 0.15) is 38.8 Å². The van der Waals surface area contributed by atoms with Gasteiger partial charge in [-0.3, -0.25) is 9.59 Å². The van der Waals surface area contributed by atoms with Gasteiger partial charge in [0.05, 0.1) is 12.1 Å². The largest absolute Gasteiger partial charge is 0.491 e. The molecule has 0 aliphatic heterocycles. The number of carboxylic acid groups (broad SMARTS) is 1. The van der Waals surface area contributed by atoms with Crippen molar-refractivity contribution in [2.45, 2.75) is 39.3 Å². The quantitative estimate of drug-likeness (QED) is 0.772. The minimum Gasteiger partial charge on any atom is -0.491 e. The maximum atomic E-state index is 11.4. The van der Waals surface area contributed by atoms with Crippen molar-refractivity contribution in [1.29, 1.82) is 0 Å². The molecule has 0 aliphatic carbocycles. The molecule has 1 rings (SSSR count). The third-order valence-corrected chi connectivity index (χ3v) is 2.42. The molecule has 1 unspecified atom stereocenters. The molecule has 1 aromatic rings. The number of carbonyl (C=O) groups excluding carboxylic acids is 1. The van der Waals surface area contributed by atoms with Gasteiger partial charge in [0, 0.05) is 0 Å². The SMILES string of the molecule is CC(C)Oc1cccc(C(C)NC(=O)CC(=O)O)c1. The highest BCUT2D eigenvalue weighted by atomic mass is 16.5. The van der Waals surface area contributed by atoms with E-state index in [2.05, 4.69) is 5.32 Å². The third kappa shape index (κ3) is 5.42. The van der Waals surface area contributed by atoms with Gasteiger partial charge in [-0.05, 0) is 38.5 Å². The van der Waals surface area contributed by atoms with Gasteiger partial charge in [-0.15, -0.1) is 0 Å². The topological polar surface area (TPSA) is 75.6 Å². The van der Waals surface area contributed by atoms with Crippen LogP contribution in [0.15, 0.2) is 24.3 Å². The van der Waals surface area contributed by atoms with Gasteiger partial charge in [-0.1, -0.05) is 12.1 Å². The number of ether oxygens (including phenoxy) is 1. The summed E-state index contributed by atoms with van der Waals surface area (Å²) >= 11 is 0. The van der Waals surface area contributed by atoms with E-state index in [1.165, 1.54) is 0 Å². The number of benzene rings is 1. The van der Waals surface area contributed by atoms with Gasteiger partial charge in [0.25, 0.3) is 0 Å². The fourth-order valence-corrected chi connectivity index (χ4v) is 1.64. The third-order valence-electron chi connectivity index (χ3n) is 2.42.